The maximum Gasteiger partial charge on any atom is 0.296 e. The van der Waals surface area contributed by atoms with Gasteiger partial charge in [0.15, 0.2) is 11.5 Å². The number of phenols is 2. The van der Waals surface area contributed by atoms with E-state index in [-0.39, 0.29) is 49.2 Å². The Balaban J connectivity index is 1.21. The van der Waals surface area contributed by atoms with Crippen molar-refractivity contribution < 1.29 is 49.1 Å². The van der Waals surface area contributed by atoms with Gasteiger partial charge in [0, 0.05) is 32.9 Å². The predicted octanol–water partition coefficient (Wildman–Crippen LogP) is 8.71. The second-order valence-electron chi connectivity index (χ2n) is 12.5. The summed E-state index contributed by atoms with van der Waals surface area (Å²) in [6.45, 7) is 0. The highest BCUT2D eigenvalue weighted by atomic mass is 32.2. The molecule has 0 unspecified atom stereocenters. The van der Waals surface area contributed by atoms with Gasteiger partial charge in [-0.2, -0.15) is 40.6 Å². The number of anilines is 2. The predicted molar refractivity (Wildman–Crippen MR) is 212 cm³/mol. The quantitative estimate of drug-likeness (QED) is 0.0406. The van der Waals surface area contributed by atoms with E-state index in [0.29, 0.717) is 22.1 Å². The zero-order valence-corrected chi connectivity index (χ0v) is 31.5. The number of rotatable bonds is 9. The van der Waals surface area contributed by atoms with Crippen LogP contribution in [0, 0.1) is 0 Å². The van der Waals surface area contributed by atoms with Crippen LogP contribution in [-0.2, 0) is 30.4 Å². The molecular weight excluding hydrogens is 817 g/mol. The molecule has 0 spiro atoms. The Labute approximate surface area is 327 Å². The topological polar surface area (TPSA) is 330 Å². The van der Waals surface area contributed by atoms with Gasteiger partial charge in [-0.1, -0.05) is 18.2 Å². The standard InChI is InChI=1S/C36H26N8O11S3/c37-20-3-1-18-13-31(57(50,51)52)33(35(45)26(18)15-20)44-41-23-4-2-19-14-32(58(53,54)55)34(36(46)27(19)16-23)43-40-22-7-5-21(6-8-22)39-42-30-12-11-29(38)25-10-9-24(17-28(25)30)56(47,48)49/h1-17,45-46H,37-38H2,(H,47,48,49)(H,50,51,52)(H,53,54,55). The lowest BCUT2D eigenvalue weighted by Gasteiger charge is -2.10. The van der Waals surface area contributed by atoms with Crippen molar-refractivity contribution in [2.24, 2.45) is 30.7 Å². The molecule has 294 valence electrons. The smallest absolute Gasteiger partial charge is 0.296 e. The highest BCUT2D eigenvalue weighted by Crippen LogP contribution is 2.45. The lowest BCUT2D eigenvalue weighted by molar-refractivity contribution is 0.471. The molecule has 7 aromatic rings. The van der Waals surface area contributed by atoms with Crippen LogP contribution in [0.3, 0.4) is 0 Å². The fraction of sp³-hybridized carbons (Fsp3) is 0. The van der Waals surface area contributed by atoms with Crippen LogP contribution in [0.15, 0.2) is 149 Å². The van der Waals surface area contributed by atoms with Gasteiger partial charge < -0.3 is 21.7 Å². The molecule has 0 saturated carbocycles. The molecule has 22 heteroatoms. The second-order valence-corrected chi connectivity index (χ2v) is 16.7. The number of azo groups is 3. The summed E-state index contributed by atoms with van der Waals surface area (Å²) < 4.78 is 102. The number of aromatic hydroxyl groups is 2. The Morgan fingerprint density at radius 3 is 1.48 bits per heavy atom. The first-order valence-corrected chi connectivity index (χ1v) is 20.5. The van der Waals surface area contributed by atoms with Crippen LogP contribution < -0.4 is 11.5 Å². The van der Waals surface area contributed by atoms with Gasteiger partial charge in [-0.25, -0.2) is 0 Å². The third-order valence-electron chi connectivity index (χ3n) is 8.62. The fourth-order valence-electron chi connectivity index (χ4n) is 5.83. The summed E-state index contributed by atoms with van der Waals surface area (Å²) in [4.78, 5) is -1.90. The number of nitrogens with zero attached hydrogens (tertiary/aromatic N) is 6. The summed E-state index contributed by atoms with van der Waals surface area (Å²) in [6.07, 6.45) is 0. The highest BCUT2D eigenvalue weighted by molar-refractivity contribution is 7.86. The van der Waals surface area contributed by atoms with E-state index in [9.17, 15) is 49.1 Å². The molecule has 58 heavy (non-hydrogen) atoms. The van der Waals surface area contributed by atoms with Crippen molar-refractivity contribution in [3.05, 3.63) is 103 Å². The summed E-state index contributed by atoms with van der Waals surface area (Å²) in [7, 11) is -14.4. The number of phenolic OH excluding ortho intramolecular Hbond substituents is 2. The number of fused-ring (bicyclic) bond motifs is 3. The van der Waals surface area contributed by atoms with Gasteiger partial charge in [0.25, 0.3) is 30.4 Å². The van der Waals surface area contributed by atoms with Crippen molar-refractivity contribution in [1.29, 1.82) is 0 Å². The molecule has 0 atom stereocenters. The van der Waals surface area contributed by atoms with Crippen molar-refractivity contribution in [2.75, 3.05) is 11.5 Å². The SMILES string of the molecule is Nc1ccc2cc(S(=O)(=O)O)c(N=Nc3ccc4cc(S(=O)(=O)O)c(N=Nc5ccc(N=Nc6ccc(N)c7ccc(S(=O)(=O)O)cc67)cc5)c(O)c4c3)c(O)c2c1. The third-order valence-corrected chi connectivity index (χ3v) is 11.2. The van der Waals surface area contributed by atoms with Crippen molar-refractivity contribution in [2.45, 2.75) is 14.7 Å². The van der Waals surface area contributed by atoms with E-state index in [1.165, 1.54) is 84.9 Å². The zero-order chi connectivity index (χ0) is 41.7. The van der Waals surface area contributed by atoms with Gasteiger partial charge in [0.2, 0.25) is 0 Å². The van der Waals surface area contributed by atoms with E-state index in [2.05, 4.69) is 30.7 Å². The molecule has 0 heterocycles. The molecule has 0 aliphatic heterocycles. The van der Waals surface area contributed by atoms with E-state index in [0.717, 1.165) is 12.1 Å². The largest absolute Gasteiger partial charge is 0.505 e. The molecular formula is C36H26N8O11S3. The van der Waals surface area contributed by atoms with Crippen LogP contribution in [0.25, 0.3) is 32.3 Å². The second kappa shape index (κ2) is 14.5. The summed E-state index contributed by atoms with van der Waals surface area (Å²) in [5.74, 6) is -1.39. The van der Waals surface area contributed by atoms with E-state index in [1.807, 2.05) is 0 Å². The first-order chi connectivity index (χ1) is 27.3. The van der Waals surface area contributed by atoms with Crippen LogP contribution in [0.4, 0.5) is 45.5 Å². The van der Waals surface area contributed by atoms with Gasteiger partial charge in [-0.3, -0.25) is 13.7 Å². The maximum atomic E-state index is 12.4. The van der Waals surface area contributed by atoms with Gasteiger partial charge in [-0.15, -0.1) is 15.3 Å². The number of nitrogens with two attached hydrogens (primary N) is 2. The molecule has 7 aromatic carbocycles. The van der Waals surface area contributed by atoms with Crippen LogP contribution >= 0.6 is 0 Å². The molecule has 0 amide bonds. The maximum absolute atomic E-state index is 12.4. The summed E-state index contributed by atoms with van der Waals surface area (Å²) >= 11 is 0. The summed E-state index contributed by atoms with van der Waals surface area (Å²) in [5, 5.41) is 47.4. The van der Waals surface area contributed by atoms with Crippen LogP contribution in [0.1, 0.15) is 0 Å². The molecule has 0 aliphatic rings. The molecule has 19 nitrogen and oxygen atoms in total. The average Bonchev–Trinajstić information content (AvgIpc) is 3.16. The Kier molecular flexibility index (Phi) is 9.84. The van der Waals surface area contributed by atoms with Crippen LogP contribution in [-0.4, -0.2) is 49.1 Å². The molecule has 9 N–H and O–H groups in total. The van der Waals surface area contributed by atoms with E-state index >= 15 is 0 Å². The number of hydrogen-bond acceptors (Lipinski definition) is 16. The lowest BCUT2D eigenvalue weighted by atomic mass is 10.1. The van der Waals surface area contributed by atoms with Crippen molar-refractivity contribution in [3.8, 4) is 11.5 Å². The van der Waals surface area contributed by atoms with E-state index < -0.39 is 63.0 Å². The Hall–Kier alpha value is -6.95. The van der Waals surface area contributed by atoms with Gasteiger partial charge in [0.05, 0.1) is 27.6 Å². The van der Waals surface area contributed by atoms with Crippen molar-refractivity contribution in [1.82, 2.24) is 0 Å². The first-order valence-electron chi connectivity index (χ1n) is 16.2. The summed E-state index contributed by atoms with van der Waals surface area (Å²) in [5.41, 5.74) is 11.8. The number of benzene rings is 7. The average molecular weight is 843 g/mol. The van der Waals surface area contributed by atoms with Crippen LogP contribution in [0.2, 0.25) is 0 Å². The zero-order valence-electron chi connectivity index (χ0n) is 29.1. The Bertz CT molecular complexity index is 3300. The van der Waals surface area contributed by atoms with E-state index in [1.54, 1.807) is 6.07 Å². The molecule has 0 bridgehead atoms. The third kappa shape index (κ3) is 7.86. The highest BCUT2D eigenvalue weighted by Gasteiger charge is 2.24. The molecule has 0 fully saturated rings. The van der Waals surface area contributed by atoms with E-state index in [4.69, 9.17) is 11.5 Å². The molecule has 7 rings (SSSR count). The van der Waals surface area contributed by atoms with Gasteiger partial charge in [0.1, 0.15) is 21.2 Å². The molecule has 0 radical (unpaired) electrons. The normalized spacial score (nSPS) is 12.9. The minimum absolute atomic E-state index is 0.0331. The number of hydrogen-bond donors (Lipinski definition) is 7. The van der Waals surface area contributed by atoms with Crippen molar-refractivity contribution in [3.63, 3.8) is 0 Å². The fourth-order valence-corrected chi connectivity index (χ4v) is 7.65. The number of nitrogen functional groups attached to an aromatic ring is 2. The summed E-state index contributed by atoms with van der Waals surface area (Å²) in [6, 6.07) is 22.9. The van der Waals surface area contributed by atoms with Gasteiger partial charge >= 0.3 is 0 Å². The monoisotopic (exact) mass is 842 g/mol. The van der Waals surface area contributed by atoms with Gasteiger partial charge in [-0.05, 0) is 95.7 Å². The molecule has 0 aromatic heterocycles. The Morgan fingerprint density at radius 2 is 0.931 bits per heavy atom. The van der Waals surface area contributed by atoms with Crippen LogP contribution in [0.5, 0.6) is 11.5 Å². The lowest BCUT2D eigenvalue weighted by Crippen LogP contribution is -1.99. The Morgan fingerprint density at radius 1 is 0.431 bits per heavy atom. The minimum Gasteiger partial charge on any atom is -0.505 e. The minimum atomic E-state index is -4.98. The molecule has 0 aliphatic carbocycles. The first kappa shape index (κ1) is 39.3. The molecule has 0 saturated heterocycles. The van der Waals surface area contributed by atoms with Crippen molar-refractivity contribution >= 4 is 108 Å².